The number of aromatic nitrogens is 1. The van der Waals surface area contributed by atoms with Crippen LogP contribution in [0.2, 0.25) is 0 Å². The molecule has 0 radical (unpaired) electrons. The normalized spacial score (nSPS) is 11.5. The third kappa shape index (κ3) is 3.24. The van der Waals surface area contributed by atoms with Gasteiger partial charge in [0.05, 0.1) is 33.5 Å². The maximum Gasteiger partial charge on any atom is 0.177 e. The molecule has 102 valence electrons. The Hall–Kier alpha value is -1.60. The van der Waals surface area contributed by atoms with Crippen LogP contribution in [0, 0.1) is 6.92 Å². The van der Waals surface area contributed by atoms with Crippen LogP contribution in [0.3, 0.4) is 0 Å². The number of sulfone groups is 1. The molecule has 0 fully saturated rings. The molecule has 19 heavy (non-hydrogen) atoms. The summed E-state index contributed by atoms with van der Waals surface area (Å²) in [6, 6.07) is 4.92. The van der Waals surface area contributed by atoms with Gasteiger partial charge in [-0.3, -0.25) is 0 Å². The van der Waals surface area contributed by atoms with Crippen LogP contribution >= 0.6 is 11.3 Å². The van der Waals surface area contributed by atoms with Gasteiger partial charge in [0.25, 0.3) is 0 Å². The summed E-state index contributed by atoms with van der Waals surface area (Å²) in [6.07, 6.45) is 1.15. The summed E-state index contributed by atoms with van der Waals surface area (Å²) >= 11 is 1.57. The molecular weight excluding hydrogens is 282 g/mol. The van der Waals surface area contributed by atoms with Gasteiger partial charge < -0.3 is 11.1 Å². The molecule has 2 aromatic rings. The summed E-state index contributed by atoms with van der Waals surface area (Å²) in [5, 5.41) is 6.06. The van der Waals surface area contributed by atoms with E-state index in [-0.39, 0.29) is 10.6 Å². The van der Waals surface area contributed by atoms with Crippen LogP contribution in [-0.4, -0.2) is 19.7 Å². The van der Waals surface area contributed by atoms with Gasteiger partial charge in [-0.05, 0) is 19.1 Å². The van der Waals surface area contributed by atoms with Crippen LogP contribution in [0.15, 0.2) is 28.5 Å². The molecule has 0 amide bonds. The number of anilines is 2. The number of thiazole rings is 1. The second-order valence-electron chi connectivity index (χ2n) is 4.20. The van der Waals surface area contributed by atoms with Crippen molar-refractivity contribution in [1.29, 1.82) is 0 Å². The van der Waals surface area contributed by atoms with Crippen molar-refractivity contribution in [2.75, 3.05) is 17.3 Å². The van der Waals surface area contributed by atoms with Gasteiger partial charge in [-0.25, -0.2) is 13.4 Å². The first-order valence-electron chi connectivity index (χ1n) is 5.61. The summed E-state index contributed by atoms with van der Waals surface area (Å²) < 4.78 is 23.1. The first kappa shape index (κ1) is 13.8. The summed E-state index contributed by atoms with van der Waals surface area (Å²) in [4.78, 5) is 4.47. The largest absolute Gasteiger partial charge is 0.396 e. The zero-order valence-electron chi connectivity index (χ0n) is 10.7. The highest BCUT2D eigenvalue weighted by atomic mass is 32.2. The van der Waals surface area contributed by atoms with Gasteiger partial charge in [0.1, 0.15) is 0 Å². The maximum absolute atomic E-state index is 11.6. The number of rotatable bonds is 4. The van der Waals surface area contributed by atoms with Crippen molar-refractivity contribution in [1.82, 2.24) is 4.98 Å². The van der Waals surface area contributed by atoms with Crippen LogP contribution in [0.5, 0.6) is 0 Å². The standard InChI is InChI=1S/C12H15N3O2S2/c1-8-15-9(7-18-8)6-14-10-4-3-5-11(12(10)13)19(2,16)17/h3-5,7,14H,6,13H2,1-2H3. The molecule has 0 unspecified atom stereocenters. The lowest BCUT2D eigenvalue weighted by molar-refractivity contribution is 0.602. The number of nitrogen functional groups attached to an aromatic ring is 1. The Labute approximate surface area is 116 Å². The van der Waals surface area contributed by atoms with E-state index in [2.05, 4.69) is 10.3 Å². The van der Waals surface area contributed by atoms with Gasteiger partial charge in [0, 0.05) is 11.6 Å². The monoisotopic (exact) mass is 297 g/mol. The highest BCUT2D eigenvalue weighted by Gasteiger charge is 2.13. The summed E-state index contributed by atoms with van der Waals surface area (Å²) in [6.45, 7) is 2.45. The number of benzene rings is 1. The smallest absolute Gasteiger partial charge is 0.177 e. The second-order valence-corrected chi connectivity index (χ2v) is 7.25. The van der Waals surface area contributed by atoms with Gasteiger partial charge in [0.2, 0.25) is 0 Å². The number of nitrogens with two attached hydrogens (primary N) is 1. The fourth-order valence-electron chi connectivity index (χ4n) is 1.70. The van der Waals surface area contributed by atoms with E-state index in [1.54, 1.807) is 23.5 Å². The van der Waals surface area contributed by atoms with Crippen molar-refractivity contribution >= 4 is 32.5 Å². The lowest BCUT2D eigenvalue weighted by Crippen LogP contribution is -2.07. The third-order valence-corrected chi connectivity index (χ3v) is 4.57. The van der Waals surface area contributed by atoms with E-state index < -0.39 is 9.84 Å². The SMILES string of the molecule is Cc1nc(CNc2cccc(S(C)(=O)=O)c2N)cs1. The van der Waals surface area contributed by atoms with Crippen molar-refractivity contribution in [2.24, 2.45) is 0 Å². The van der Waals surface area contributed by atoms with E-state index in [9.17, 15) is 8.42 Å². The second kappa shape index (κ2) is 5.18. The molecule has 1 heterocycles. The lowest BCUT2D eigenvalue weighted by atomic mass is 10.2. The Morgan fingerprint density at radius 1 is 1.42 bits per heavy atom. The molecule has 0 bridgehead atoms. The predicted molar refractivity (Wildman–Crippen MR) is 78.1 cm³/mol. The molecule has 2 rings (SSSR count). The molecule has 1 aromatic carbocycles. The number of hydrogen-bond donors (Lipinski definition) is 2. The first-order chi connectivity index (χ1) is 8.88. The predicted octanol–water partition coefficient (Wildman–Crippen LogP) is 2.05. The number of hydrogen-bond acceptors (Lipinski definition) is 6. The summed E-state index contributed by atoms with van der Waals surface area (Å²) in [5.41, 5.74) is 7.64. The fourth-order valence-corrected chi connectivity index (χ4v) is 3.14. The van der Waals surface area contributed by atoms with Crippen molar-refractivity contribution in [2.45, 2.75) is 18.4 Å². The van der Waals surface area contributed by atoms with Gasteiger partial charge in [0.15, 0.2) is 9.84 Å². The number of para-hydroxylation sites is 1. The summed E-state index contributed by atoms with van der Waals surface area (Å²) in [7, 11) is -3.31. The fraction of sp³-hybridized carbons (Fsp3) is 0.250. The molecule has 5 nitrogen and oxygen atoms in total. The quantitative estimate of drug-likeness (QED) is 0.844. The molecule has 0 saturated heterocycles. The van der Waals surface area contributed by atoms with E-state index in [0.29, 0.717) is 12.2 Å². The first-order valence-corrected chi connectivity index (χ1v) is 8.38. The van der Waals surface area contributed by atoms with Crippen molar-refractivity contribution < 1.29 is 8.42 Å². The van der Waals surface area contributed by atoms with Gasteiger partial charge >= 0.3 is 0 Å². The van der Waals surface area contributed by atoms with Crippen molar-refractivity contribution in [3.63, 3.8) is 0 Å². The zero-order chi connectivity index (χ0) is 14.0. The van der Waals surface area contributed by atoms with E-state index in [4.69, 9.17) is 5.73 Å². The third-order valence-electron chi connectivity index (χ3n) is 2.59. The van der Waals surface area contributed by atoms with Gasteiger partial charge in [-0.2, -0.15) is 0 Å². The Balaban J connectivity index is 2.22. The van der Waals surface area contributed by atoms with Crippen LogP contribution in [0.25, 0.3) is 0 Å². The minimum Gasteiger partial charge on any atom is -0.396 e. The summed E-state index contributed by atoms with van der Waals surface area (Å²) in [5.74, 6) is 0. The molecule has 0 saturated carbocycles. The number of nitrogens with one attached hydrogen (secondary N) is 1. The van der Waals surface area contributed by atoms with E-state index in [1.165, 1.54) is 6.07 Å². The Kier molecular flexibility index (Phi) is 3.77. The average Bonchev–Trinajstić information content (AvgIpc) is 2.72. The maximum atomic E-state index is 11.6. The number of aryl methyl sites for hydroxylation is 1. The molecule has 0 atom stereocenters. The Bertz CT molecular complexity index is 693. The topological polar surface area (TPSA) is 85.1 Å². The van der Waals surface area contributed by atoms with Crippen LogP contribution in [0.1, 0.15) is 10.7 Å². The van der Waals surface area contributed by atoms with Gasteiger partial charge in [-0.15, -0.1) is 11.3 Å². The van der Waals surface area contributed by atoms with Crippen molar-refractivity contribution in [3.05, 3.63) is 34.3 Å². The van der Waals surface area contributed by atoms with Crippen molar-refractivity contribution in [3.8, 4) is 0 Å². The molecule has 0 aliphatic heterocycles. The van der Waals surface area contributed by atoms with Crippen LogP contribution in [-0.2, 0) is 16.4 Å². The molecule has 1 aromatic heterocycles. The highest BCUT2D eigenvalue weighted by Crippen LogP contribution is 2.27. The minimum absolute atomic E-state index is 0.145. The molecule has 0 aliphatic rings. The Morgan fingerprint density at radius 3 is 2.74 bits per heavy atom. The van der Waals surface area contributed by atoms with Gasteiger partial charge in [-0.1, -0.05) is 6.07 Å². The molecule has 3 N–H and O–H groups in total. The molecule has 7 heteroatoms. The minimum atomic E-state index is -3.31. The average molecular weight is 297 g/mol. The van der Waals surface area contributed by atoms with E-state index in [1.807, 2.05) is 12.3 Å². The highest BCUT2D eigenvalue weighted by molar-refractivity contribution is 7.90. The van der Waals surface area contributed by atoms with Crippen LogP contribution in [0.4, 0.5) is 11.4 Å². The Morgan fingerprint density at radius 2 is 2.16 bits per heavy atom. The number of nitrogens with zero attached hydrogens (tertiary/aromatic N) is 1. The van der Waals surface area contributed by atoms with E-state index in [0.717, 1.165) is 17.0 Å². The lowest BCUT2D eigenvalue weighted by Gasteiger charge is -2.11. The van der Waals surface area contributed by atoms with Crippen LogP contribution < -0.4 is 11.1 Å². The molecule has 0 spiro atoms. The molecule has 0 aliphatic carbocycles. The van der Waals surface area contributed by atoms with E-state index >= 15 is 0 Å². The zero-order valence-corrected chi connectivity index (χ0v) is 12.3. The molecular formula is C12H15N3O2S2.